The fourth-order valence-corrected chi connectivity index (χ4v) is 4.22. The van der Waals surface area contributed by atoms with Gasteiger partial charge in [-0.25, -0.2) is 4.98 Å². The monoisotopic (exact) mass is 386 g/mol. The van der Waals surface area contributed by atoms with Crippen molar-refractivity contribution in [3.8, 4) is 0 Å². The Labute approximate surface area is 166 Å². The molecule has 2 aromatic rings. The van der Waals surface area contributed by atoms with Crippen molar-refractivity contribution >= 4 is 22.6 Å². The molecular weight excluding hydrogens is 356 g/mol. The van der Waals surface area contributed by atoms with Gasteiger partial charge < -0.3 is 10.2 Å². The van der Waals surface area contributed by atoms with Crippen LogP contribution < -0.4 is 10.2 Å². The molecule has 0 spiro atoms. The van der Waals surface area contributed by atoms with Crippen LogP contribution in [-0.4, -0.2) is 34.9 Å². The molecule has 146 valence electrons. The lowest BCUT2D eigenvalue weighted by Gasteiger charge is -2.31. The number of hydrogen-bond acceptors (Lipinski definition) is 5. The van der Waals surface area contributed by atoms with Gasteiger partial charge in [-0.2, -0.15) is 4.37 Å². The van der Waals surface area contributed by atoms with Crippen molar-refractivity contribution in [2.24, 2.45) is 5.92 Å². The van der Waals surface area contributed by atoms with E-state index in [1.54, 1.807) is 0 Å². The highest BCUT2D eigenvalue weighted by molar-refractivity contribution is 7.09. The summed E-state index contributed by atoms with van der Waals surface area (Å²) in [6, 6.07) is 10.3. The predicted octanol–water partition coefficient (Wildman–Crippen LogP) is 4.04. The Morgan fingerprint density at radius 2 is 2.11 bits per heavy atom. The fourth-order valence-electron chi connectivity index (χ4n) is 3.50. The van der Waals surface area contributed by atoms with E-state index in [1.807, 2.05) is 18.2 Å². The maximum Gasteiger partial charge on any atom is 0.224 e. The van der Waals surface area contributed by atoms with Crippen molar-refractivity contribution in [2.75, 3.05) is 24.5 Å². The van der Waals surface area contributed by atoms with E-state index in [0.29, 0.717) is 0 Å². The Hall–Kier alpha value is -1.95. The summed E-state index contributed by atoms with van der Waals surface area (Å²) in [6.45, 7) is 4.71. The number of piperidine rings is 1. The summed E-state index contributed by atoms with van der Waals surface area (Å²) >= 11 is 1.45. The van der Waals surface area contributed by atoms with Crippen LogP contribution in [0.1, 0.15) is 56.8 Å². The summed E-state index contributed by atoms with van der Waals surface area (Å²) in [4.78, 5) is 19.4. The summed E-state index contributed by atoms with van der Waals surface area (Å²) in [5, 5.41) is 4.07. The highest BCUT2D eigenvalue weighted by atomic mass is 32.1. The summed E-state index contributed by atoms with van der Waals surface area (Å²) < 4.78 is 4.52. The van der Waals surface area contributed by atoms with Gasteiger partial charge in [0, 0.05) is 37.6 Å². The van der Waals surface area contributed by atoms with E-state index < -0.39 is 0 Å². The summed E-state index contributed by atoms with van der Waals surface area (Å²) in [7, 11) is 0. The van der Waals surface area contributed by atoms with E-state index in [4.69, 9.17) is 4.98 Å². The molecular formula is C21H30N4OS. The minimum Gasteiger partial charge on any atom is -0.356 e. The Kier molecular flexibility index (Phi) is 7.63. The second-order valence-electron chi connectivity index (χ2n) is 7.29. The Balaban J connectivity index is 1.50. The van der Waals surface area contributed by atoms with E-state index >= 15 is 0 Å². The van der Waals surface area contributed by atoms with Crippen molar-refractivity contribution in [3.05, 3.63) is 41.7 Å². The Bertz CT molecular complexity index is 703. The molecule has 0 radical (unpaired) electrons. The van der Waals surface area contributed by atoms with Gasteiger partial charge in [-0.05, 0) is 24.8 Å². The number of unbranched alkanes of at least 4 members (excludes halogenated alkanes) is 3. The molecule has 1 saturated heterocycles. The lowest BCUT2D eigenvalue weighted by Crippen LogP contribution is -2.43. The van der Waals surface area contributed by atoms with Gasteiger partial charge in [0.2, 0.25) is 11.0 Å². The number of carbonyl (C=O) groups excluding carboxylic acids is 1. The first kappa shape index (κ1) is 19.8. The first-order valence-electron chi connectivity index (χ1n) is 10.2. The zero-order chi connectivity index (χ0) is 18.9. The molecule has 2 heterocycles. The third kappa shape index (κ3) is 6.03. The molecule has 1 aromatic heterocycles. The standard InChI is InChI=1S/C21H30N4OS/c1-2-3-4-8-13-22-20(26)18-12-9-14-25(16-18)21-23-19(24-27-21)15-17-10-6-5-7-11-17/h5-7,10-11,18H,2-4,8-9,12-16H2,1H3,(H,22,26)/t18-/m1/s1. The third-order valence-electron chi connectivity index (χ3n) is 5.05. The van der Waals surface area contributed by atoms with Crippen LogP contribution >= 0.6 is 11.5 Å². The van der Waals surface area contributed by atoms with Crippen LogP contribution in [-0.2, 0) is 11.2 Å². The SMILES string of the molecule is CCCCCCNC(=O)[C@@H]1CCCN(c2nc(Cc3ccccc3)ns2)C1. The number of benzene rings is 1. The van der Waals surface area contributed by atoms with Crippen molar-refractivity contribution in [1.82, 2.24) is 14.7 Å². The van der Waals surface area contributed by atoms with Crippen molar-refractivity contribution in [1.29, 1.82) is 0 Å². The van der Waals surface area contributed by atoms with Crippen LogP contribution in [0.3, 0.4) is 0 Å². The van der Waals surface area contributed by atoms with Crippen molar-refractivity contribution < 1.29 is 4.79 Å². The van der Waals surface area contributed by atoms with Crippen LogP contribution in [0.15, 0.2) is 30.3 Å². The zero-order valence-corrected chi connectivity index (χ0v) is 17.0. The van der Waals surface area contributed by atoms with Crippen LogP contribution in [0.4, 0.5) is 5.13 Å². The van der Waals surface area contributed by atoms with Crippen LogP contribution in [0.5, 0.6) is 0 Å². The van der Waals surface area contributed by atoms with E-state index in [9.17, 15) is 4.79 Å². The smallest absolute Gasteiger partial charge is 0.224 e. The molecule has 0 saturated carbocycles. The molecule has 6 heteroatoms. The topological polar surface area (TPSA) is 58.1 Å². The van der Waals surface area contributed by atoms with E-state index in [0.717, 1.165) is 56.3 Å². The van der Waals surface area contributed by atoms with Crippen LogP contribution in [0.2, 0.25) is 0 Å². The molecule has 1 amide bonds. The number of aromatic nitrogens is 2. The Morgan fingerprint density at radius 3 is 2.93 bits per heavy atom. The number of nitrogens with one attached hydrogen (secondary N) is 1. The third-order valence-corrected chi connectivity index (χ3v) is 5.87. The quantitative estimate of drug-likeness (QED) is 0.661. The fraction of sp³-hybridized carbons (Fsp3) is 0.571. The summed E-state index contributed by atoms with van der Waals surface area (Å²) in [6.07, 6.45) is 7.49. The largest absolute Gasteiger partial charge is 0.356 e. The molecule has 1 aliphatic rings. The first-order chi connectivity index (χ1) is 13.3. The Morgan fingerprint density at radius 1 is 1.26 bits per heavy atom. The van der Waals surface area contributed by atoms with E-state index in [1.165, 1.54) is 36.4 Å². The number of rotatable bonds is 9. The molecule has 0 aliphatic carbocycles. The lowest BCUT2D eigenvalue weighted by molar-refractivity contribution is -0.125. The van der Waals surface area contributed by atoms with Gasteiger partial charge in [-0.15, -0.1) is 0 Å². The zero-order valence-electron chi connectivity index (χ0n) is 16.2. The highest BCUT2D eigenvalue weighted by Gasteiger charge is 2.27. The molecule has 5 nitrogen and oxygen atoms in total. The minimum absolute atomic E-state index is 0.0615. The van der Waals surface area contributed by atoms with Gasteiger partial charge in [0.25, 0.3) is 0 Å². The molecule has 27 heavy (non-hydrogen) atoms. The molecule has 0 unspecified atom stereocenters. The average Bonchev–Trinajstić information content (AvgIpc) is 3.17. The molecule has 1 aliphatic heterocycles. The number of hydrogen-bond donors (Lipinski definition) is 1. The van der Waals surface area contributed by atoms with Crippen LogP contribution in [0.25, 0.3) is 0 Å². The molecule has 3 rings (SSSR count). The van der Waals surface area contributed by atoms with Gasteiger partial charge in [0.1, 0.15) is 5.82 Å². The van der Waals surface area contributed by atoms with E-state index in [2.05, 4.69) is 33.6 Å². The summed E-state index contributed by atoms with van der Waals surface area (Å²) in [5.41, 5.74) is 1.22. The second kappa shape index (κ2) is 10.4. The van der Waals surface area contributed by atoms with Crippen molar-refractivity contribution in [3.63, 3.8) is 0 Å². The molecule has 1 fully saturated rings. The van der Waals surface area contributed by atoms with Crippen LogP contribution in [0, 0.1) is 5.92 Å². The highest BCUT2D eigenvalue weighted by Crippen LogP contribution is 2.25. The number of carbonyl (C=O) groups is 1. The van der Waals surface area contributed by atoms with Crippen molar-refractivity contribution in [2.45, 2.75) is 51.9 Å². The molecule has 1 atom stereocenters. The minimum atomic E-state index is 0.0615. The van der Waals surface area contributed by atoms with Gasteiger partial charge in [0.05, 0.1) is 5.92 Å². The van der Waals surface area contributed by atoms with Gasteiger partial charge >= 0.3 is 0 Å². The van der Waals surface area contributed by atoms with E-state index in [-0.39, 0.29) is 11.8 Å². The maximum atomic E-state index is 12.5. The average molecular weight is 387 g/mol. The normalized spacial score (nSPS) is 17.1. The second-order valence-corrected chi connectivity index (χ2v) is 8.02. The van der Waals surface area contributed by atoms with Gasteiger partial charge in [0.15, 0.2) is 0 Å². The predicted molar refractivity (Wildman–Crippen MR) is 111 cm³/mol. The lowest BCUT2D eigenvalue weighted by atomic mass is 9.97. The maximum absolute atomic E-state index is 12.5. The van der Waals surface area contributed by atoms with Gasteiger partial charge in [-0.3, -0.25) is 4.79 Å². The van der Waals surface area contributed by atoms with Gasteiger partial charge in [-0.1, -0.05) is 56.5 Å². The number of nitrogens with zero attached hydrogens (tertiary/aromatic N) is 3. The number of anilines is 1. The summed E-state index contributed by atoms with van der Waals surface area (Å²) in [5.74, 6) is 1.13. The molecule has 0 bridgehead atoms. The molecule has 1 N–H and O–H groups in total. The first-order valence-corrected chi connectivity index (χ1v) is 10.9. The molecule has 1 aromatic carbocycles. The number of amides is 1.